The van der Waals surface area contributed by atoms with Crippen molar-refractivity contribution in [3.05, 3.63) is 18.2 Å². The summed E-state index contributed by atoms with van der Waals surface area (Å²) >= 11 is 0. The van der Waals surface area contributed by atoms with Crippen LogP contribution in [0, 0.1) is 0 Å². The molecule has 1 heterocycles. The van der Waals surface area contributed by atoms with Gasteiger partial charge in [0.2, 0.25) is 0 Å². The summed E-state index contributed by atoms with van der Waals surface area (Å²) in [5, 5.41) is 15.3. The Kier molecular flexibility index (Phi) is 4.10. The fraction of sp³-hybridized carbons (Fsp3) is 0.588. The number of urea groups is 1. The van der Waals surface area contributed by atoms with Gasteiger partial charge in [-0.1, -0.05) is 6.92 Å². The van der Waals surface area contributed by atoms with Crippen molar-refractivity contribution in [2.24, 2.45) is 0 Å². The average molecular weight is 320 g/mol. The highest BCUT2D eigenvalue weighted by Crippen LogP contribution is 2.47. The molecule has 3 N–H and O–H groups in total. The van der Waals surface area contributed by atoms with Crippen LogP contribution < -0.4 is 20.1 Å². The summed E-state index contributed by atoms with van der Waals surface area (Å²) in [6, 6.07) is 5.03. The number of benzene rings is 1. The van der Waals surface area contributed by atoms with E-state index in [-0.39, 0.29) is 12.6 Å². The van der Waals surface area contributed by atoms with Crippen LogP contribution in [0.15, 0.2) is 18.2 Å². The van der Waals surface area contributed by atoms with Crippen molar-refractivity contribution in [1.82, 2.24) is 5.32 Å². The van der Waals surface area contributed by atoms with Crippen molar-refractivity contribution in [3.63, 3.8) is 0 Å². The van der Waals surface area contributed by atoms with Crippen LogP contribution in [0.2, 0.25) is 0 Å². The van der Waals surface area contributed by atoms with Crippen molar-refractivity contribution in [1.29, 1.82) is 0 Å². The number of aliphatic hydroxyl groups is 1. The van der Waals surface area contributed by atoms with Gasteiger partial charge in [0, 0.05) is 31.1 Å². The molecule has 1 saturated carbocycles. The lowest BCUT2D eigenvalue weighted by Gasteiger charge is -2.21. The third kappa shape index (κ3) is 3.52. The van der Waals surface area contributed by atoms with E-state index in [0.29, 0.717) is 17.9 Å². The first-order valence-electron chi connectivity index (χ1n) is 8.21. The first kappa shape index (κ1) is 15.9. The molecule has 3 rings (SSSR count). The number of nitrogens with one attached hydrogen (secondary N) is 2. The highest BCUT2D eigenvalue weighted by Gasteiger charge is 2.44. The summed E-state index contributed by atoms with van der Waals surface area (Å²) in [6.45, 7) is 3.76. The standard InChI is InChI=1S/C17H24N2O4/c1-3-16(2,21)11-18-15(20)19-12-6-7-13-14(10-12)23-17(22-13)8-4-5-9-17/h6-7,10,21H,3-5,8-9,11H2,1-2H3,(H2,18,19,20)/t16-/m1/s1. The van der Waals surface area contributed by atoms with E-state index in [0.717, 1.165) is 31.4 Å². The molecule has 0 aromatic heterocycles. The van der Waals surface area contributed by atoms with E-state index < -0.39 is 11.4 Å². The molecular formula is C17H24N2O4. The lowest BCUT2D eigenvalue weighted by atomic mass is 10.0. The SMILES string of the molecule is CC[C@@](C)(O)CNC(=O)Nc1ccc2c(c1)OC1(CCCC1)O2. The molecule has 126 valence electrons. The van der Waals surface area contributed by atoms with Gasteiger partial charge in [-0.15, -0.1) is 0 Å². The third-order valence-electron chi connectivity index (χ3n) is 4.55. The van der Waals surface area contributed by atoms with Crippen LogP contribution in [-0.2, 0) is 0 Å². The zero-order chi connectivity index (χ0) is 16.5. The maximum atomic E-state index is 11.9. The maximum Gasteiger partial charge on any atom is 0.319 e. The van der Waals surface area contributed by atoms with Gasteiger partial charge in [-0.05, 0) is 38.3 Å². The van der Waals surface area contributed by atoms with Crippen LogP contribution in [0.3, 0.4) is 0 Å². The molecule has 1 aliphatic heterocycles. The van der Waals surface area contributed by atoms with E-state index in [2.05, 4.69) is 10.6 Å². The predicted octanol–water partition coefficient (Wildman–Crippen LogP) is 3.01. The minimum absolute atomic E-state index is 0.197. The summed E-state index contributed by atoms with van der Waals surface area (Å²) in [6.07, 6.45) is 4.59. The minimum Gasteiger partial charge on any atom is -0.448 e. The van der Waals surface area contributed by atoms with Crippen molar-refractivity contribution in [3.8, 4) is 11.5 Å². The molecule has 2 aliphatic rings. The molecule has 6 nitrogen and oxygen atoms in total. The number of carbonyl (C=O) groups excluding carboxylic acids is 1. The molecule has 0 saturated heterocycles. The second kappa shape index (κ2) is 5.92. The van der Waals surface area contributed by atoms with Crippen molar-refractivity contribution in [2.75, 3.05) is 11.9 Å². The van der Waals surface area contributed by atoms with E-state index in [1.165, 1.54) is 0 Å². The zero-order valence-corrected chi connectivity index (χ0v) is 13.6. The van der Waals surface area contributed by atoms with Gasteiger partial charge in [0.1, 0.15) is 0 Å². The molecule has 1 aliphatic carbocycles. The Labute approximate surface area is 136 Å². The molecule has 1 spiro atoms. The summed E-state index contributed by atoms with van der Waals surface area (Å²) in [5.74, 6) is 0.903. The third-order valence-corrected chi connectivity index (χ3v) is 4.55. The molecule has 1 aromatic carbocycles. The van der Waals surface area contributed by atoms with Crippen LogP contribution in [0.1, 0.15) is 46.0 Å². The molecule has 23 heavy (non-hydrogen) atoms. The van der Waals surface area contributed by atoms with Crippen LogP contribution in [-0.4, -0.2) is 29.1 Å². The highest BCUT2D eigenvalue weighted by atomic mass is 16.7. The molecule has 2 amide bonds. The first-order valence-corrected chi connectivity index (χ1v) is 8.21. The fourth-order valence-electron chi connectivity index (χ4n) is 2.86. The normalized spacial score (nSPS) is 20.3. The number of carbonyl (C=O) groups is 1. The summed E-state index contributed by atoms with van der Waals surface area (Å²) in [4.78, 5) is 11.9. The molecule has 1 aromatic rings. The Hall–Kier alpha value is -1.95. The Balaban J connectivity index is 1.60. The van der Waals surface area contributed by atoms with Gasteiger partial charge < -0.3 is 25.2 Å². The van der Waals surface area contributed by atoms with E-state index in [1.807, 2.05) is 13.0 Å². The predicted molar refractivity (Wildman–Crippen MR) is 86.8 cm³/mol. The van der Waals surface area contributed by atoms with Crippen molar-refractivity contribution in [2.45, 2.75) is 57.3 Å². The molecule has 0 bridgehead atoms. The molecular weight excluding hydrogens is 296 g/mol. The van der Waals surface area contributed by atoms with Gasteiger partial charge in [-0.3, -0.25) is 0 Å². The fourth-order valence-corrected chi connectivity index (χ4v) is 2.86. The lowest BCUT2D eigenvalue weighted by molar-refractivity contribution is -0.0716. The van der Waals surface area contributed by atoms with Gasteiger partial charge >= 0.3 is 6.03 Å². The molecule has 6 heteroatoms. The number of amides is 2. The number of fused-ring (bicyclic) bond motifs is 1. The van der Waals surface area contributed by atoms with Crippen molar-refractivity contribution < 1.29 is 19.4 Å². The van der Waals surface area contributed by atoms with Crippen molar-refractivity contribution >= 4 is 11.7 Å². The second-order valence-corrected chi connectivity index (χ2v) is 6.64. The summed E-state index contributed by atoms with van der Waals surface area (Å²) in [7, 11) is 0. The van der Waals surface area contributed by atoms with Gasteiger partial charge in [0.25, 0.3) is 5.79 Å². The summed E-state index contributed by atoms with van der Waals surface area (Å²) < 4.78 is 11.9. The number of rotatable bonds is 4. The number of anilines is 1. The van der Waals surface area contributed by atoms with Gasteiger partial charge in [0.15, 0.2) is 11.5 Å². The second-order valence-electron chi connectivity index (χ2n) is 6.64. The largest absolute Gasteiger partial charge is 0.448 e. The topological polar surface area (TPSA) is 79.8 Å². The number of ether oxygens (including phenoxy) is 2. The highest BCUT2D eigenvalue weighted by molar-refractivity contribution is 5.89. The lowest BCUT2D eigenvalue weighted by Crippen LogP contribution is -2.41. The smallest absolute Gasteiger partial charge is 0.319 e. The Morgan fingerprint density at radius 3 is 2.70 bits per heavy atom. The van der Waals surface area contributed by atoms with Crippen LogP contribution in [0.5, 0.6) is 11.5 Å². The summed E-state index contributed by atoms with van der Waals surface area (Å²) in [5.41, 5.74) is -0.266. The zero-order valence-electron chi connectivity index (χ0n) is 13.6. The number of hydrogen-bond acceptors (Lipinski definition) is 4. The number of hydrogen-bond donors (Lipinski definition) is 3. The van der Waals surface area contributed by atoms with Crippen LogP contribution in [0.4, 0.5) is 10.5 Å². The minimum atomic E-state index is -0.902. The molecule has 0 unspecified atom stereocenters. The Morgan fingerprint density at radius 2 is 2.00 bits per heavy atom. The van der Waals surface area contributed by atoms with Crippen LogP contribution >= 0.6 is 0 Å². The molecule has 0 radical (unpaired) electrons. The average Bonchev–Trinajstić information content (AvgIpc) is 3.11. The van der Waals surface area contributed by atoms with E-state index >= 15 is 0 Å². The first-order chi connectivity index (χ1) is 10.9. The Bertz CT molecular complexity index is 594. The monoisotopic (exact) mass is 320 g/mol. The Morgan fingerprint density at radius 1 is 1.30 bits per heavy atom. The van der Waals surface area contributed by atoms with Gasteiger partial charge in [0.05, 0.1) is 5.60 Å². The van der Waals surface area contributed by atoms with Gasteiger partial charge in [-0.25, -0.2) is 4.79 Å². The molecule has 1 fully saturated rings. The van der Waals surface area contributed by atoms with Gasteiger partial charge in [-0.2, -0.15) is 0 Å². The van der Waals surface area contributed by atoms with Crippen LogP contribution in [0.25, 0.3) is 0 Å². The molecule has 1 atom stereocenters. The van der Waals surface area contributed by atoms with E-state index in [9.17, 15) is 9.90 Å². The maximum absolute atomic E-state index is 11.9. The quantitative estimate of drug-likeness (QED) is 0.797. The van der Waals surface area contributed by atoms with E-state index in [4.69, 9.17) is 9.47 Å². The van der Waals surface area contributed by atoms with E-state index in [1.54, 1.807) is 19.1 Å².